The zero-order valence-electron chi connectivity index (χ0n) is 17.0. The number of fused-ring (bicyclic) bond motifs is 1. The van der Waals surface area contributed by atoms with Gasteiger partial charge in [0.2, 0.25) is 11.8 Å². The largest absolute Gasteiger partial charge is 0.385 e. The average Bonchev–Trinajstić information content (AvgIpc) is 3.22. The van der Waals surface area contributed by atoms with Crippen LogP contribution in [0.2, 0.25) is 0 Å². The summed E-state index contributed by atoms with van der Waals surface area (Å²) in [4.78, 5) is 30.6. The van der Waals surface area contributed by atoms with Crippen LogP contribution in [0.15, 0.2) is 41.8 Å². The topological polar surface area (TPSA) is 59.1 Å². The number of carbonyl (C=O) groups is 2. The van der Waals surface area contributed by atoms with Gasteiger partial charge < -0.3 is 19.3 Å². The van der Waals surface area contributed by atoms with Crippen LogP contribution in [0, 0.1) is 0 Å². The second kappa shape index (κ2) is 10.5. The molecule has 7 heteroatoms. The molecule has 0 aliphatic carbocycles. The Balaban J connectivity index is 1.80. The highest BCUT2D eigenvalue weighted by Crippen LogP contribution is 2.37. The lowest BCUT2D eigenvalue weighted by Gasteiger charge is -2.37. The SMILES string of the molecule is COCCCN(CC(=O)N1CCc2sccc2C1c1ccccc1)C(=O)COC. The first-order valence-electron chi connectivity index (χ1n) is 9.82. The fourth-order valence-electron chi connectivity index (χ4n) is 3.74. The molecular formula is C22H28N2O4S. The molecule has 1 unspecified atom stereocenters. The highest BCUT2D eigenvalue weighted by atomic mass is 32.1. The highest BCUT2D eigenvalue weighted by Gasteiger charge is 2.33. The summed E-state index contributed by atoms with van der Waals surface area (Å²) in [5.74, 6) is -0.223. The summed E-state index contributed by atoms with van der Waals surface area (Å²) in [6, 6.07) is 12.1. The van der Waals surface area contributed by atoms with Crippen molar-refractivity contribution in [3.05, 3.63) is 57.8 Å². The molecule has 6 nitrogen and oxygen atoms in total. The van der Waals surface area contributed by atoms with Crippen molar-refractivity contribution in [1.29, 1.82) is 0 Å². The van der Waals surface area contributed by atoms with E-state index in [1.807, 2.05) is 23.1 Å². The van der Waals surface area contributed by atoms with Crippen LogP contribution in [0.5, 0.6) is 0 Å². The Labute approximate surface area is 176 Å². The number of methoxy groups -OCH3 is 2. The van der Waals surface area contributed by atoms with E-state index in [-0.39, 0.29) is 31.0 Å². The van der Waals surface area contributed by atoms with Crippen LogP contribution in [-0.2, 0) is 25.5 Å². The van der Waals surface area contributed by atoms with Crippen molar-refractivity contribution in [2.24, 2.45) is 0 Å². The Kier molecular flexibility index (Phi) is 7.80. The summed E-state index contributed by atoms with van der Waals surface area (Å²) in [5.41, 5.74) is 2.28. The lowest BCUT2D eigenvalue weighted by atomic mass is 9.93. The van der Waals surface area contributed by atoms with Gasteiger partial charge in [0, 0.05) is 38.8 Å². The van der Waals surface area contributed by atoms with Crippen molar-refractivity contribution in [1.82, 2.24) is 9.80 Å². The van der Waals surface area contributed by atoms with Gasteiger partial charge in [-0.3, -0.25) is 9.59 Å². The fraction of sp³-hybridized carbons (Fsp3) is 0.455. The zero-order chi connectivity index (χ0) is 20.6. The lowest BCUT2D eigenvalue weighted by Crippen LogP contribution is -2.47. The van der Waals surface area contributed by atoms with Crippen molar-refractivity contribution in [3.63, 3.8) is 0 Å². The Morgan fingerprint density at radius 3 is 2.69 bits per heavy atom. The second-order valence-corrected chi connectivity index (χ2v) is 8.04. The first-order chi connectivity index (χ1) is 14.2. The van der Waals surface area contributed by atoms with E-state index in [4.69, 9.17) is 9.47 Å². The third-order valence-corrected chi connectivity index (χ3v) is 6.12. The number of carbonyl (C=O) groups excluding carboxylic acids is 2. The van der Waals surface area contributed by atoms with Crippen LogP contribution in [0.4, 0.5) is 0 Å². The predicted molar refractivity (Wildman–Crippen MR) is 113 cm³/mol. The van der Waals surface area contributed by atoms with Crippen molar-refractivity contribution in [3.8, 4) is 0 Å². The quantitative estimate of drug-likeness (QED) is 0.590. The van der Waals surface area contributed by atoms with Crippen LogP contribution in [-0.4, -0.2) is 68.7 Å². The number of hydrogen-bond acceptors (Lipinski definition) is 5. The van der Waals surface area contributed by atoms with Gasteiger partial charge in [-0.1, -0.05) is 30.3 Å². The molecule has 0 fully saturated rings. The molecule has 1 aromatic carbocycles. The maximum absolute atomic E-state index is 13.3. The highest BCUT2D eigenvalue weighted by molar-refractivity contribution is 7.10. The molecule has 0 saturated carbocycles. The minimum Gasteiger partial charge on any atom is -0.385 e. The normalized spacial score (nSPS) is 15.8. The molecule has 3 rings (SSSR count). The number of hydrogen-bond donors (Lipinski definition) is 0. The average molecular weight is 417 g/mol. The third-order valence-electron chi connectivity index (χ3n) is 5.12. The van der Waals surface area contributed by atoms with Crippen LogP contribution >= 0.6 is 11.3 Å². The van der Waals surface area contributed by atoms with Crippen LogP contribution < -0.4 is 0 Å². The van der Waals surface area contributed by atoms with E-state index in [0.29, 0.717) is 26.1 Å². The first kappa shape index (κ1) is 21.5. The molecule has 1 aliphatic heterocycles. The maximum Gasteiger partial charge on any atom is 0.249 e. The molecule has 2 heterocycles. The predicted octanol–water partition coefficient (Wildman–Crippen LogP) is 2.73. The molecule has 0 radical (unpaired) electrons. The fourth-order valence-corrected chi connectivity index (χ4v) is 4.64. The van der Waals surface area contributed by atoms with Crippen LogP contribution in [0.1, 0.15) is 28.5 Å². The smallest absolute Gasteiger partial charge is 0.249 e. The molecule has 0 N–H and O–H groups in total. The second-order valence-electron chi connectivity index (χ2n) is 7.04. The molecule has 29 heavy (non-hydrogen) atoms. The molecule has 0 spiro atoms. The van der Waals surface area contributed by atoms with Gasteiger partial charge in [0.15, 0.2) is 0 Å². The standard InChI is InChI=1S/C22H28N2O4S/c1-27-13-6-11-23(21(26)16-28-2)15-20(25)24-12-9-19-18(10-14-29-19)22(24)17-7-4-3-5-8-17/h3-5,7-8,10,14,22H,6,9,11-13,15-16H2,1-2H3. The van der Waals surface area contributed by atoms with E-state index >= 15 is 0 Å². The Morgan fingerprint density at radius 1 is 1.17 bits per heavy atom. The molecule has 1 aromatic heterocycles. The number of ether oxygens (including phenoxy) is 2. The summed E-state index contributed by atoms with van der Waals surface area (Å²) >= 11 is 1.74. The maximum atomic E-state index is 13.3. The Hall–Kier alpha value is -2.22. The minimum absolute atomic E-state index is 0.0307. The molecule has 2 amide bonds. The van der Waals surface area contributed by atoms with E-state index in [1.165, 1.54) is 17.6 Å². The van der Waals surface area contributed by atoms with Gasteiger partial charge in [-0.15, -0.1) is 11.3 Å². The molecule has 2 aromatic rings. The van der Waals surface area contributed by atoms with Gasteiger partial charge in [0.25, 0.3) is 0 Å². The van der Waals surface area contributed by atoms with E-state index < -0.39 is 0 Å². The van der Waals surface area contributed by atoms with Gasteiger partial charge in [-0.2, -0.15) is 0 Å². The van der Waals surface area contributed by atoms with Crippen LogP contribution in [0.25, 0.3) is 0 Å². The van der Waals surface area contributed by atoms with E-state index in [0.717, 1.165) is 12.0 Å². The van der Waals surface area contributed by atoms with Gasteiger partial charge in [-0.25, -0.2) is 0 Å². The van der Waals surface area contributed by atoms with Gasteiger partial charge >= 0.3 is 0 Å². The summed E-state index contributed by atoms with van der Waals surface area (Å²) in [6.07, 6.45) is 1.52. The lowest BCUT2D eigenvalue weighted by molar-refractivity contribution is -0.143. The molecule has 0 saturated heterocycles. The van der Waals surface area contributed by atoms with E-state index in [2.05, 4.69) is 23.6 Å². The van der Waals surface area contributed by atoms with E-state index in [9.17, 15) is 9.59 Å². The van der Waals surface area contributed by atoms with Crippen molar-refractivity contribution in [2.75, 3.05) is 47.1 Å². The number of amides is 2. The molecular weight excluding hydrogens is 388 g/mol. The van der Waals surface area contributed by atoms with Crippen molar-refractivity contribution < 1.29 is 19.1 Å². The monoisotopic (exact) mass is 416 g/mol. The summed E-state index contributed by atoms with van der Waals surface area (Å²) < 4.78 is 10.1. The molecule has 0 bridgehead atoms. The third kappa shape index (κ3) is 5.23. The van der Waals surface area contributed by atoms with E-state index in [1.54, 1.807) is 23.3 Å². The Bertz CT molecular complexity index is 808. The molecule has 1 atom stereocenters. The number of thiophene rings is 1. The van der Waals surface area contributed by atoms with Crippen molar-refractivity contribution >= 4 is 23.2 Å². The number of rotatable bonds is 9. The number of benzene rings is 1. The van der Waals surface area contributed by atoms with Gasteiger partial charge in [0.05, 0.1) is 12.6 Å². The Morgan fingerprint density at radius 2 is 1.97 bits per heavy atom. The first-order valence-corrected chi connectivity index (χ1v) is 10.7. The summed E-state index contributed by atoms with van der Waals surface area (Å²) in [7, 11) is 3.12. The minimum atomic E-state index is -0.179. The number of nitrogens with zero attached hydrogens (tertiary/aromatic N) is 2. The van der Waals surface area contributed by atoms with Crippen molar-refractivity contribution in [2.45, 2.75) is 18.9 Å². The van der Waals surface area contributed by atoms with Gasteiger partial charge in [-0.05, 0) is 35.4 Å². The van der Waals surface area contributed by atoms with Crippen LogP contribution in [0.3, 0.4) is 0 Å². The summed E-state index contributed by atoms with van der Waals surface area (Å²) in [5, 5.41) is 2.09. The zero-order valence-corrected chi connectivity index (χ0v) is 17.8. The summed E-state index contributed by atoms with van der Waals surface area (Å²) in [6.45, 7) is 1.68. The van der Waals surface area contributed by atoms with Gasteiger partial charge in [0.1, 0.15) is 6.61 Å². The molecule has 1 aliphatic rings. The molecule has 156 valence electrons.